The van der Waals surface area contributed by atoms with Gasteiger partial charge >= 0.3 is 12.1 Å². The Morgan fingerprint density at radius 3 is 2.67 bits per heavy atom. The Hall–Kier alpha value is -3.75. The third-order valence-corrected chi connectivity index (χ3v) is 10.8. The number of nitrogens with zero attached hydrogens (tertiary/aromatic N) is 6. The van der Waals surface area contributed by atoms with E-state index >= 15 is 0 Å². The molecule has 6 rings (SSSR count). The number of alkyl halides is 3. The highest BCUT2D eigenvalue weighted by atomic mass is 35.5. The molecule has 4 aromatic rings. The first-order chi connectivity index (χ1) is 21.3. The van der Waals surface area contributed by atoms with Crippen LogP contribution in [-0.2, 0) is 27.5 Å². The van der Waals surface area contributed by atoms with Gasteiger partial charge in [0, 0.05) is 49.0 Å². The summed E-state index contributed by atoms with van der Waals surface area (Å²) in [6.45, 7) is 4.21. The Bertz CT molecular complexity index is 1920. The SMILES string of the molecule is Cc1cnc2c(c1)S(=O)(=O)N(Cc1cc(C(CC(=O)O)c3ccn4c(C(F)(F)F)nnc4c3C)ccc1Cl)CC1CCCCN21. The molecule has 15 heteroatoms. The molecule has 45 heavy (non-hydrogen) atoms. The molecule has 0 radical (unpaired) electrons. The molecule has 2 unspecified atom stereocenters. The van der Waals surface area contributed by atoms with E-state index in [0.29, 0.717) is 45.2 Å². The Balaban J connectivity index is 1.41. The quantitative estimate of drug-likeness (QED) is 0.284. The summed E-state index contributed by atoms with van der Waals surface area (Å²) in [4.78, 5) is 18.8. The van der Waals surface area contributed by atoms with Crippen molar-refractivity contribution in [2.24, 2.45) is 0 Å². The maximum Gasteiger partial charge on any atom is 0.452 e. The van der Waals surface area contributed by atoms with Crippen LogP contribution in [-0.4, -0.2) is 62.5 Å². The number of anilines is 1. The average molecular weight is 663 g/mol. The number of aryl methyl sites for hydroxylation is 2. The summed E-state index contributed by atoms with van der Waals surface area (Å²) in [5.41, 5.74) is 2.46. The van der Waals surface area contributed by atoms with Crippen LogP contribution < -0.4 is 4.90 Å². The summed E-state index contributed by atoms with van der Waals surface area (Å²) in [5.74, 6) is -2.66. The van der Waals surface area contributed by atoms with E-state index in [2.05, 4.69) is 20.1 Å². The minimum absolute atomic E-state index is 0.0420. The number of pyridine rings is 2. The number of benzene rings is 1. The van der Waals surface area contributed by atoms with Gasteiger partial charge in [-0.15, -0.1) is 10.2 Å². The summed E-state index contributed by atoms with van der Waals surface area (Å²) < 4.78 is 70.8. The van der Waals surface area contributed by atoms with Crippen LogP contribution in [0.5, 0.6) is 0 Å². The lowest BCUT2D eigenvalue weighted by Gasteiger charge is -2.36. The van der Waals surface area contributed by atoms with Gasteiger partial charge in [0.1, 0.15) is 10.7 Å². The highest BCUT2D eigenvalue weighted by Crippen LogP contribution is 2.39. The predicted octanol–water partition coefficient (Wildman–Crippen LogP) is 5.58. The number of hydrogen-bond donors (Lipinski definition) is 1. The van der Waals surface area contributed by atoms with Crippen LogP contribution in [0.25, 0.3) is 5.65 Å². The third-order valence-electron chi connectivity index (χ3n) is 8.59. The van der Waals surface area contributed by atoms with E-state index in [1.165, 1.54) is 16.6 Å². The minimum Gasteiger partial charge on any atom is -0.481 e. The van der Waals surface area contributed by atoms with E-state index < -0.39 is 33.9 Å². The maximum absolute atomic E-state index is 14.1. The number of carbonyl (C=O) groups is 1. The Morgan fingerprint density at radius 1 is 1.16 bits per heavy atom. The second kappa shape index (κ2) is 11.6. The van der Waals surface area contributed by atoms with Gasteiger partial charge in [-0.3, -0.25) is 9.20 Å². The molecular weight excluding hydrogens is 633 g/mol. The minimum atomic E-state index is -4.73. The normalized spacial score (nSPS) is 19.2. The van der Waals surface area contributed by atoms with Crippen LogP contribution in [0.15, 0.2) is 47.6 Å². The van der Waals surface area contributed by atoms with E-state index in [4.69, 9.17) is 11.6 Å². The first-order valence-corrected chi connectivity index (χ1v) is 16.2. The van der Waals surface area contributed by atoms with Crippen molar-refractivity contribution in [2.45, 2.75) is 69.1 Å². The van der Waals surface area contributed by atoms with E-state index in [1.807, 2.05) is 0 Å². The summed E-state index contributed by atoms with van der Waals surface area (Å²) in [6, 6.07) is 7.91. The zero-order chi connectivity index (χ0) is 32.3. The lowest BCUT2D eigenvalue weighted by atomic mass is 9.86. The van der Waals surface area contributed by atoms with Crippen molar-refractivity contribution in [3.8, 4) is 0 Å². The highest BCUT2D eigenvalue weighted by Gasteiger charge is 2.40. The van der Waals surface area contributed by atoms with Gasteiger partial charge in [0.05, 0.1) is 6.42 Å². The van der Waals surface area contributed by atoms with Gasteiger partial charge in [-0.25, -0.2) is 13.4 Å². The van der Waals surface area contributed by atoms with Gasteiger partial charge in [0.2, 0.25) is 15.8 Å². The van der Waals surface area contributed by atoms with Crippen LogP contribution >= 0.6 is 11.6 Å². The fraction of sp³-hybridized carbons (Fsp3) is 0.400. The van der Waals surface area contributed by atoms with Gasteiger partial charge < -0.3 is 10.0 Å². The number of hydrogen-bond acceptors (Lipinski definition) is 7. The van der Waals surface area contributed by atoms with E-state index in [-0.39, 0.29) is 36.1 Å². The van der Waals surface area contributed by atoms with E-state index in [0.717, 1.165) is 23.7 Å². The molecule has 0 saturated carbocycles. The van der Waals surface area contributed by atoms with Crippen molar-refractivity contribution in [1.29, 1.82) is 0 Å². The number of rotatable bonds is 6. The number of aliphatic carboxylic acids is 1. The summed E-state index contributed by atoms with van der Waals surface area (Å²) >= 11 is 6.63. The first-order valence-electron chi connectivity index (χ1n) is 14.4. The Kier molecular flexibility index (Phi) is 8.02. The van der Waals surface area contributed by atoms with Gasteiger partial charge in [0.25, 0.3) is 0 Å². The van der Waals surface area contributed by atoms with Crippen LogP contribution in [0, 0.1) is 13.8 Å². The Morgan fingerprint density at radius 2 is 1.93 bits per heavy atom. The zero-order valence-electron chi connectivity index (χ0n) is 24.4. The van der Waals surface area contributed by atoms with E-state index in [9.17, 15) is 31.5 Å². The Labute approximate surface area is 262 Å². The first kappa shape index (κ1) is 31.2. The monoisotopic (exact) mass is 662 g/mol. The summed E-state index contributed by atoms with van der Waals surface area (Å²) in [6.07, 6.45) is 0.439. The molecule has 238 valence electrons. The van der Waals surface area contributed by atoms with Crippen molar-refractivity contribution in [3.05, 3.63) is 81.4 Å². The molecule has 0 amide bonds. The van der Waals surface area contributed by atoms with Gasteiger partial charge in [-0.05, 0) is 79.1 Å². The molecule has 0 aliphatic carbocycles. The largest absolute Gasteiger partial charge is 0.481 e. The highest BCUT2D eigenvalue weighted by molar-refractivity contribution is 7.89. The van der Waals surface area contributed by atoms with Crippen LogP contribution in [0.3, 0.4) is 0 Å². The number of carboxylic acids is 1. The molecule has 0 bridgehead atoms. The second-order valence-electron chi connectivity index (χ2n) is 11.6. The summed E-state index contributed by atoms with van der Waals surface area (Å²) in [7, 11) is -3.99. The van der Waals surface area contributed by atoms with E-state index in [1.54, 1.807) is 44.3 Å². The van der Waals surface area contributed by atoms with Crippen molar-refractivity contribution in [3.63, 3.8) is 0 Å². The number of fused-ring (bicyclic) bond motifs is 4. The second-order valence-corrected chi connectivity index (χ2v) is 13.9. The zero-order valence-corrected chi connectivity index (χ0v) is 26.0. The standard InChI is InChI=1S/C30H30ClF3N6O4S/c1-17-11-25-28(35-14-17)39-9-4-3-5-21(39)16-38(45(25,43)44)15-20-12-19(6-7-24(20)31)23(13-26(41)42)22-8-10-40-27(18(22)2)36-37-29(40)30(32,33)34/h6-8,10-12,14,21,23H,3-5,9,13,15-16H2,1-2H3,(H,41,42). The lowest BCUT2D eigenvalue weighted by Crippen LogP contribution is -2.45. The molecule has 1 fully saturated rings. The molecule has 5 heterocycles. The number of aromatic nitrogens is 4. The third kappa shape index (κ3) is 5.74. The average Bonchev–Trinajstić information content (AvgIpc) is 3.40. The molecule has 0 spiro atoms. The van der Waals surface area contributed by atoms with Crippen molar-refractivity contribution < 1.29 is 31.5 Å². The number of carboxylic acid groups (broad SMARTS) is 1. The molecule has 2 aliphatic rings. The number of sulfonamides is 1. The molecule has 2 atom stereocenters. The van der Waals surface area contributed by atoms with Crippen LogP contribution in [0.1, 0.15) is 65.2 Å². The van der Waals surface area contributed by atoms with Crippen molar-refractivity contribution >= 4 is 39.1 Å². The maximum atomic E-state index is 14.1. The molecule has 10 nitrogen and oxygen atoms in total. The fourth-order valence-electron chi connectivity index (χ4n) is 6.40. The van der Waals surface area contributed by atoms with Crippen LogP contribution in [0.4, 0.5) is 19.0 Å². The molecule has 1 aromatic carbocycles. The number of halogens is 4. The van der Waals surface area contributed by atoms with Gasteiger partial charge in [0.15, 0.2) is 5.65 Å². The molecular formula is C30H30ClF3N6O4S. The lowest BCUT2D eigenvalue weighted by molar-refractivity contribution is -0.145. The molecule has 3 aromatic heterocycles. The van der Waals surface area contributed by atoms with Crippen molar-refractivity contribution in [2.75, 3.05) is 18.0 Å². The molecule has 2 aliphatic heterocycles. The summed E-state index contributed by atoms with van der Waals surface area (Å²) in [5, 5.41) is 17.2. The molecule has 1 saturated heterocycles. The van der Waals surface area contributed by atoms with Gasteiger partial charge in [-0.1, -0.05) is 23.7 Å². The smallest absolute Gasteiger partial charge is 0.452 e. The van der Waals surface area contributed by atoms with Crippen LogP contribution in [0.2, 0.25) is 5.02 Å². The number of piperidine rings is 1. The molecule has 1 N–H and O–H groups in total. The predicted molar refractivity (Wildman–Crippen MR) is 160 cm³/mol. The fourth-order valence-corrected chi connectivity index (χ4v) is 8.27. The van der Waals surface area contributed by atoms with Gasteiger partial charge in [-0.2, -0.15) is 17.5 Å². The van der Waals surface area contributed by atoms with Crippen molar-refractivity contribution in [1.82, 2.24) is 23.9 Å². The topological polar surface area (TPSA) is 121 Å².